The van der Waals surface area contributed by atoms with Crippen LogP contribution in [0.2, 0.25) is 0 Å². The number of hydrogen-bond donors (Lipinski definition) is 0. The van der Waals surface area contributed by atoms with E-state index in [1.54, 1.807) is 19.0 Å². The number of rotatable bonds is 10. The molecule has 0 N–H and O–H groups in total. The third-order valence-electron chi connectivity index (χ3n) is 6.78. The molecule has 1 aliphatic rings. The third-order valence-corrected chi connectivity index (χ3v) is 6.78. The predicted molar refractivity (Wildman–Crippen MR) is 139 cm³/mol. The summed E-state index contributed by atoms with van der Waals surface area (Å²) >= 11 is 0. The van der Waals surface area contributed by atoms with Crippen LogP contribution < -0.4 is 4.74 Å². The summed E-state index contributed by atoms with van der Waals surface area (Å²) < 4.78 is 5.46. The molecule has 1 aliphatic heterocycles. The van der Waals surface area contributed by atoms with E-state index in [1.165, 1.54) is 5.56 Å². The monoisotopic (exact) mass is 487 g/mol. The van der Waals surface area contributed by atoms with Crippen molar-refractivity contribution < 1.29 is 19.1 Å². The SMILES string of the molecule is CCN(CCCC(=O)N1CCC(C(=O)N(C)C)CC1)[C@@H](C)Cc1ccc(OC(=O)C(C)(C)C)cc1. The van der Waals surface area contributed by atoms with Gasteiger partial charge in [-0.05, 0) is 84.2 Å². The molecule has 2 rings (SSSR count). The van der Waals surface area contributed by atoms with E-state index in [-0.39, 0.29) is 23.7 Å². The Morgan fingerprint density at radius 2 is 1.69 bits per heavy atom. The molecule has 0 aliphatic carbocycles. The lowest BCUT2D eigenvalue weighted by molar-refractivity contribution is -0.143. The number of hydrogen-bond acceptors (Lipinski definition) is 5. The van der Waals surface area contributed by atoms with Crippen LogP contribution in [-0.4, -0.2) is 78.8 Å². The van der Waals surface area contributed by atoms with Gasteiger partial charge in [-0.2, -0.15) is 0 Å². The molecule has 2 amide bonds. The average molecular weight is 488 g/mol. The van der Waals surface area contributed by atoms with Crippen LogP contribution >= 0.6 is 0 Å². The van der Waals surface area contributed by atoms with Gasteiger partial charge in [-0.3, -0.25) is 14.4 Å². The lowest BCUT2D eigenvalue weighted by atomic mass is 9.95. The summed E-state index contributed by atoms with van der Waals surface area (Å²) in [6.07, 6.45) is 3.78. The molecule has 0 aromatic heterocycles. The Labute approximate surface area is 211 Å². The van der Waals surface area contributed by atoms with E-state index in [4.69, 9.17) is 4.74 Å². The van der Waals surface area contributed by atoms with Gasteiger partial charge in [0.05, 0.1) is 5.41 Å². The first-order valence-corrected chi connectivity index (χ1v) is 13.0. The second-order valence-electron chi connectivity index (χ2n) is 11.0. The Morgan fingerprint density at radius 1 is 1.09 bits per heavy atom. The number of ether oxygens (including phenoxy) is 1. The van der Waals surface area contributed by atoms with Crippen molar-refractivity contribution in [2.45, 2.75) is 72.8 Å². The molecule has 1 saturated heterocycles. The van der Waals surface area contributed by atoms with Gasteiger partial charge >= 0.3 is 5.97 Å². The van der Waals surface area contributed by atoms with Gasteiger partial charge in [-0.25, -0.2) is 0 Å². The minimum absolute atomic E-state index is 0.0464. The van der Waals surface area contributed by atoms with E-state index in [0.29, 0.717) is 31.3 Å². The standard InChI is InChI=1S/C28H45N3O4/c1-8-30(17-9-10-25(32)31-18-15-23(16-19-31)26(33)29(6)7)21(2)20-22-11-13-24(14-12-22)35-27(34)28(3,4)5/h11-14,21,23H,8-10,15-20H2,1-7H3/t21-/m0/s1. The quantitative estimate of drug-likeness (QED) is 0.369. The number of nitrogens with zero attached hydrogens (tertiary/aromatic N) is 3. The third kappa shape index (κ3) is 8.95. The summed E-state index contributed by atoms with van der Waals surface area (Å²) in [5.74, 6) is 0.749. The minimum atomic E-state index is -0.530. The van der Waals surface area contributed by atoms with Gasteiger partial charge in [-0.15, -0.1) is 0 Å². The van der Waals surface area contributed by atoms with Gasteiger partial charge in [0.25, 0.3) is 0 Å². The van der Waals surface area contributed by atoms with Crippen LogP contribution in [0.25, 0.3) is 0 Å². The van der Waals surface area contributed by atoms with Gasteiger partial charge in [-0.1, -0.05) is 19.1 Å². The second-order valence-corrected chi connectivity index (χ2v) is 11.0. The Morgan fingerprint density at radius 3 is 2.20 bits per heavy atom. The first-order valence-electron chi connectivity index (χ1n) is 13.0. The van der Waals surface area contributed by atoms with Gasteiger partial charge in [0, 0.05) is 45.6 Å². The molecule has 35 heavy (non-hydrogen) atoms. The molecule has 0 bridgehead atoms. The average Bonchev–Trinajstić information content (AvgIpc) is 2.81. The fourth-order valence-electron chi connectivity index (χ4n) is 4.45. The van der Waals surface area contributed by atoms with Crippen LogP contribution in [-0.2, 0) is 20.8 Å². The molecule has 1 heterocycles. The largest absolute Gasteiger partial charge is 0.426 e. The van der Waals surface area contributed by atoms with E-state index in [1.807, 2.05) is 49.9 Å². The number of piperidine rings is 1. The Balaban J connectivity index is 1.76. The Hall–Kier alpha value is -2.41. The zero-order valence-corrected chi connectivity index (χ0v) is 22.8. The number of carbonyl (C=O) groups excluding carboxylic acids is 3. The number of amides is 2. The van der Waals surface area contributed by atoms with Gasteiger partial charge in [0.2, 0.25) is 11.8 Å². The van der Waals surface area contributed by atoms with Gasteiger partial charge < -0.3 is 19.4 Å². The first-order chi connectivity index (χ1) is 16.4. The maximum Gasteiger partial charge on any atom is 0.316 e. The molecule has 0 radical (unpaired) electrons. The molecular weight excluding hydrogens is 442 g/mol. The minimum Gasteiger partial charge on any atom is -0.426 e. The summed E-state index contributed by atoms with van der Waals surface area (Å²) in [6, 6.07) is 8.09. The fraction of sp³-hybridized carbons (Fsp3) is 0.679. The van der Waals surface area contributed by atoms with Crippen LogP contribution in [0.1, 0.15) is 65.9 Å². The van der Waals surface area contributed by atoms with Crippen molar-refractivity contribution >= 4 is 17.8 Å². The molecular formula is C28H45N3O4. The van der Waals surface area contributed by atoms with Crippen LogP contribution in [0.5, 0.6) is 5.75 Å². The van der Waals surface area contributed by atoms with Crippen LogP contribution in [0.4, 0.5) is 0 Å². The predicted octanol–water partition coefficient (Wildman–Crippen LogP) is 4.00. The highest BCUT2D eigenvalue weighted by molar-refractivity contribution is 5.80. The number of carbonyl (C=O) groups is 3. The molecule has 1 aromatic rings. The zero-order valence-electron chi connectivity index (χ0n) is 22.8. The molecule has 1 aromatic carbocycles. The molecule has 0 saturated carbocycles. The van der Waals surface area contributed by atoms with E-state index >= 15 is 0 Å². The van der Waals surface area contributed by atoms with E-state index in [9.17, 15) is 14.4 Å². The van der Waals surface area contributed by atoms with Crippen molar-refractivity contribution in [3.05, 3.63) is 29.8 Å². The van der Waals surface area contributed by atoms with E-state index in [0.717, 1.165) is 38.8 Å². The lowest BCUT2D eigenvalue weighted by Crippen LogP contribution is -2.43. The Bertz CT molecular complexity index is 837. The summed E-state index contributed by atoms with van der Waals surface area (Å²) in [7, 11) is 3.58. The van der Waals surface area contributed by atoms with Gasteiger partial charge in [0.15, 0.2) is 0 Å². The molecule has 1 fully saturated rings. The van der Waals surface area contributed by atoms with Crippen molar-refractivity contribution in [1.29, 1.82) is 0 Å². The summed E-state index contributed by atoms with van der Waals surface area (Å²) in [6.45, 7) is 13.1. The first kappa shape index (κ1) is 28.8. The van der Waals surface area contributed by atoms with Crippen molar-refractivity contribution in [1.82, 2.24) is 14.7 Å². The normalized spacial score (nSPS) is 15.7. The molecule has 196 valence electrons. The van der Waals surface area contributed by atoms with Crippen molar-refractivity contribution in [3.63, 3.8) is 0 Å². The van der Waals surface area contributed by atoms with Crippen molar-refractivity contribution in [3.8, 4) is 5.75 Å². The molecule has 0 spiro atoms. The topological polar surface area (TPSA) is 70.2 Å². The molecule has 7 nitrogen and oxygen atoms in total. The molecule has 1 atom stereocenters. The highest BCUT2D eigenvalue weighted by Gasteiger charge is 2.28. The number of likely N-dealkylation sites (N-methyl/N-ethyl adjacent to an activating group) is 1. The van der Waals surface area contributed by atoms with Gasteiger partial charge in [0.1, 0.15) is 5.75 Å². The maximum absolute atomic E-state index is 12.7. The van der Waals surface area contributed by atoms with Crippen molar-refractivity contribution in [2.24, 2.45) is 11.3 Å². The zero-order chi connectivity index (χ0) is 26.2. The lowest BCUT2D eigenvalue weighted by Gasteiger charge is -2.33. The number of benzene rings is 1. The van der Waals surface area contributed by atoms with Crippen molar-refractivity contribution in [2.75, 3.05) is 40.3 Å². The van der Waals surface area contributed by atoms with E-state index < -0.39 is 5.41 Å². The van der Waals surface area contributed by atoms with Crippen LogP contribution in [0, 0.1) is 11.3 Å². The Kier molecular flexibility index (Phi) is 10.7. The fourth-order valence-corrected chi connectivity index (χ4v) is 4.45. The van der Waals surface area contributed by atoms with E-state index in [2.05, 4.69) is 18.7 Å². The number of likely N-dealkylation sites (tertiary alicyclic amines) is 1. The summed E-state index contributed by atoms with van der Waals surface area (Å²) in [5.41, 5.74) is 0.662. The second kappa shape index (κ2) is 13.1. The smallest absolute Gasteiger partial charge is 0.316 e. The summed E-state index contributed by atoms with van der Waals surface area (Å²) in [4.78, 5) is 42.9. The maximum atomic E-state index is 12.7. The number of esters is 1. The molecule has 7 heteroatoms. The van der Waals surface area contributed by atoms with Crippen LogP contribution in [0.15, 0.2) is 24.3 Å². The summed E-state index contributed by atoms with van der Waals surface area (Å²) in [5, 5.41) is 0. The highest BCUT2D eigenvalue weighted by Crippen LogP contribution is 2.22. The van der Waals surface area contributed by atoms with Crippen LogP contribution in [0.3, 0.4) is 0 Å². The molecule has 0 unspecified atom stereocenters. The highest BCUT2D eigenvalue weighted by atomic mass is 16.5.